The van der Waals surface area contributed by atoms with Gasteiger partial charge in [-0.1, -0.05) is 6.92 Å². The molecule has 2 aliphatic rings. The lowest BCUT2D eigenvalue weighted by molar-refractivity contribution is -0.198. The quantitative estimate of drug-likeness (QED) is 0.578. The van der Waals surface area contributed by atoms with E-state index >= 15 is 0 Å². The largest absolute Gasteiger partial charge is 0.350 e. The maximum absolute atomic E-state index is 5.84. The molecule has 2 saturated heterocycles. The maximum atomic E-state index is 5.84. The SMILES string of the molecule is CC[C@@H]1CC[C@@]2(CCCO2)O1. The number of ether oxygens (including phenoxy) is 2. The fraction of sp³-hybridized carbons (Fsp3) is 1.00. The van der Waals surface area contributed by atoms with Crippen molar-refractivity contribution in [3.63, 3.8) is 0 Å². The van der Waals surface area contributed by atoms with Gasteiger partial charge in [-0.25, -0.2) is 0 Å². The van der Waals surface area contributed by atoms with Gasteiger partial charge in [0, 0.05) is 12.8 Å². The summed E-state index contributed by atoms with van der Waals surface area (Å²) in [5.74, 6) is -0.138. The first kappa shape index (κ1) is 7.56. The molecule has 0 aliphatic carbocycles. The van der Waals surface area contributed by atoms with E-state index in [2.05, 4.69) is 6.92 Å². The van der Waals surface area contributed by atoms with Gasteiger partial charge >= 0.3 is 0 Å². The zero-order valence-electron chi connectivity index (χ0n) is 7.14. The Hall–Kier alpha value is -0.0800. The monoisotopic (exact) mass is 156 g/mol. The third-order valence-corrected chi connectivity index (χ3v) is 2.75. The Morgan fingerprint density at radius 1 is 1.45 bits per heavy atom. The van der Waals surface area contributed by atoms with Crippen LogP contribution in [-0.2, 0) is 9.47 Å². The van der Waals surface area contributed by atoms with Crippen LogP contribution in [0.15, 0.2) is 0 Å². The predicted octanol–water partition coefficient (Wildman–Crippen LogP) is 2.08. The van der Waals surface area contributed by atoms with E-state index in [9.17, 15) is 0 Å². The lowest BCUT2D eigenvalue weighted by Crippen LogP contribution is -2.27. The molecule has 0 amide bonds. The number of hydrogen-bond acceptors (Lipinski definition) is 2. The zero-order valence-corrected chi connectivity index (χ0v) is 7.14. The van der Waals surface area contributed by atoms with Gasteiger partial charge in [0.2, 0.25) is 0 Å². The lowest BCUT2D eigenvalue weighted by atomic mass is 10.1. The molecule has 2 heteroatoms. The van der Waals surface area contributed by atoms with Crippen molar-refractivity contribution in [3.8, 4) is 0 Å². The summed E-state index contributed by atoms with van der Waals surface area (Å²) in [5.41, 5.74) is 0. The molecular formula is C9H16O2. The Morgan fingerprint density at radius 3 is 2.91 bits per heavy atom. The number of rotatable bonds is 1. The summed E-state index contributed by atoms with van der Waals surface area (Å²) in [6.45, 7) is 3.08. The second-order valence-electron chi connectivity index (χ2n) is 3.55. The molecular weight excluding hydrogens is 140 g/mol. The van der Waals surface area contributed by atoms with Gasteiger partial charge < -0.3 is 9.47 Å². The maximum Gasteiger partial charge on any atom is 0.168 e. The van der Waals surface area contributed by atoms with Crippen LogP contribution < -0.4 is 0 Å². The van der Waals surface area contributed by atoms with E-state index in [0.29, 0.717) is 6.10 Å². The summed E-state index contributed by atoms with van der Waals surface area (Å²) < 4.78 is 11.4. The molecule has 0 bridgehead atoms. The van der Waals surface area contributed by atoms with Crippen molar-refractivity contribution in [1.82, 2.24) is 0 Å². The van der Waals surface area contributed by atoms with Gasteiger partial charge in [0.25, 0.3) is 0 Å². The molecule has 2 fully saturated rings. The molecule has 0 N–H and O–H groups in total. The van der Waals surface area contributed by atoms with Crippen LogP contribution in [-0.4, -0.2) is 18.5 Å². The Morgan fingerprint density at radius 2 is 2.36 bits per heavy atom. The standard InChI is InChI=1S/C9H16O2/c1-2-8-4-6-9(11-8)5-3-7-10-9/h8H,2-7H2,1H3/t8-,9-/m1/s1. The Bertz CT molecular complexity index is 138. The highest BCUT2D eigenvalue weighted by atomic mass is 16.7. The predicted molar refractivity (Wildman–Crippen MR) is 42.3 cm³/mol. The molecule has 0 radical (unpaired) electrons. The zero-order chi connectivity index (χ0) is 7.73. The molecule has 0 saturated carbocycles. The first-order valence-electron chi connectivity index (χ1n) is 4.66. The minimum absolute atomic E-state index is 0.138. The van der Waals surface area contributed by atoms with Crippen LogP contribution in [0, 0.1) is 0 Å². The van der Waals surface area contributed by atoms with Crippen molar-refractivity contribution < 1.29 is 9.47 Å². The molecule has 11 heavy (non-hydrogen) atoms. The summed E-state index contributed by atoms with van der Waals surface area (Å²) in [4.78, 5) is 0. The van der Waals surface area contributed by atoms with Crippen LogP contribution >= 0.6 is 0 Å². The Labute approximate surface area is 67.9 Å². The first-order chi connectivity index (χ1) is 5.35. The van der Waals surface area contributed by atoms with Crippen LogP contribution in [0.25, 0.3) is 0 Å². The molecule has 2 rings (SSSR count). The molecule has 0 aromatic heterocycles. The van der Waals surface area contributed by atoms with Crippen LogP contribution in [0.3, 0.4) is 0 Å². The molecule has 64 valence electrons. The molecule has 0 unspecified atom stereocenters. The van der Waals surface area contributed by atoms with Gasteiger partial charge in [0.05, 0.1) is 12.7 Å². The molecule has 0 aromatic carbocycles. The van der Waals surface area contributed by atoms with E-state index in [1.807, 2.05) is 0 Å². The number of hydrogen-bond donors (Lipinski definition) is 0. The van der Waals surface area contributed by atoms with Crippen molar-refractivity contribution in [2.75, 3.05) is 6.61 Å². The van der Waals surface area contributed by atoms with Gasteiger partial charge in [0.15, 0.2) is 5.79 Å². The van der Waals surface area contributed by atoms with Gasteiger partial charge in [-0.15, -0.1) is 0 Å². The van der Waals surface area contributed by atoms with E-state index < -0.39 is 0 Å². The minimum atomic E-state index is -0.138. The second kappa shape index (κ2) is 2.76. The highest BCUT2D eigenvalue weighted by molar-refractivity contribution is 4.83. The van der Waals surface area contributed by atoms with E-state index in [1.54, 1.807) is 0 Å². The van der Waals surface area contributed by atoms with Crippen molar-refractivity contribution in [3.05, 3.63) is 0 Å². The molecule has 2 heterocycles. The third kappa shape index (κ3) is 1.30. The van der Waals surface area contributed by atoms with E-state index in [1.165, 1.54) is 12.8 Å². The molecule has 2 nitrogen and oxygen atoms in total. The van der Waals surface area contributed by atoms with E-state index in [0.717, 1.165) is 25.9 Å². The third-order valence-electron chi connectivity index (χ3n) is 2.75. The Kier molecular flexibility index (Phi) is 1.90. The van der Waals surface area contributed by atoms with Gasteiger partial charge in [0.1, 0.15) is 0 Å². The van der Waals surface area contributed by atoms with Crippen molar-refractivity contribution >= 4 is 0 Å². The molecule has 0 aromatic rings. The van der Waals surface area contributed by atoms with Crippen LogP contribution in [0.4, 0.5) is 0 Å². The minimum Gasteiger partial charge on any atom is -0.350 e. The van der Waals surface area contributed by atoms with Crippen LogP contribution in [0.2, 0.25) is 0 Å². The molecule has 1 spiro atoms. The van der Waals surface area contributed by atoms with Crippen LogP contribution in [0.5, 0.6) is 0 Å². The van der Waals surface area contributed by atoms with Crippen molar-refractivity contribution in [1.29, 1.82) is 0 Å². The van der Waals surface area contributed by atoms with E-state index in [4.69, 9.17) is 9.47 Å². The highest BCUT2D eigenvalue weighted by Gasteiger charge is 2.42. The molecule has 2 aliphatic heterocycles. The van der Waals surface area contributed by atoms with Gasteiger partial charge in [-0.3, -0.25) is 0 Å². The first-order valence-corrected chi connectivity index (χ1v) is 4.66. The lowest BCUT2D eigenvalue weighted by Gasteiger charge is -2.22. The topological polar surface area (TPSA) is 18.5 Å². The van der Waals surface area contributed by atoms with Gasteiger partial charge in [-0.2, -0.15) is 0 Å². The average Bonchev–Trinajstić information content (AvgIpc) is 2.62. The van der Waals surface area contributed by atoms with Gasteiger partial charge in [-0.05, 0) is 19.3 Å². The van der Waals surface area contributed by atoms with E-state index in [-0.39, 0.29) is 5.79 Å². The average molecular weight is 156 g/mol. The van der Waals surface area contributed by atoms with Crippen molar-refractivity contribution in [2.45, 2.75) is 50.9 Å². The normalized spacial score (nSPS) is 43.9. The summed E-state index contributed by atoms with van der Waals surface area (Å²) in [7, 11) is 0. The summed E-state index contributed by atoms with van der Waals surface area (Å²) in [5, 5.41) is 0. The summed E-state index contributed by atoms with van der Waals surface area (Å²) in [6.07, 6.45) is 6.20. The second-order valence-corrected chi connectivity index (χ2v) is 3.55. The van der Waals surface area contributed by atoms with Crippen molar-refractivity contribution in [2.24, 2.45) is 0 Å². The fourth-order valence-electron chi connectivity index (χ4n) is 2.05. The summed E-state index contributed by atoms with van der Waals surface area (Å²) in [6, 6.07) is 0. The highest BCUT2D eigenvalue weighted by Crippen LogP contribution is 2.39. The molecule has 2 atom stereocenters. The smallest absolute Gasteiger partial charge is 0.168 e. The fourth-order valence-corrected chi connectivity index (χ4v) is 2.05. The summed E-state index contributed by atoms with van der Waals surface area (Å²) >= 11 is 0. The van der Waals surface area contributed by atoms with Crippen LogP contribution in [0.1, 0.15) is 39.0 Å². The Balaban J connectivity index is 1.96.